The van der Waals surface area contributed by atoms with Gasteiger partial charge in [0.25, 0.3) is 5.91 Å². The van der Waals surface area contributed by atoms with Crippen LogP contribution in [0.3, 0.4) is 0 Å². The fourth-order valence-electron chi connectivity index (χ4n) is 3.88. The second-order valence-corrected chi connectivity index (χ2v) is 8.10. The highest BCUT2D eigenvalue weighted by atomic mass is 19.4. The summed E-state index contributed by atoms with van der Waals surface area (Å²) in [6.45, 7) is 1.68. The fourth-order valence-corrected chi connectivity index (χ4v) is 3.88. The number of aromatic nitrogens is 6. The maximum absolute atomic E-state index is 13.8. The van der Waals surface area contributed by atoms with Crippen LogP contribution in [-0.2, 0) is 12.7 Å². The lowest BCUT2D eigenvalue weighted by atomic mass is 10.1. The number of carbonyl (C=O) groups is 1. The second kappa shape index (κ2) is 8.87. The Morgan fingerprint density at radius 3 is 2.56 bits per heavy atom. The Balaban J connectivity index is 1.55. The van der Waals surface area contributed by atoms with E-state index < -0.39 is 17.8 Å². The van der Waals surface area contributed by atoms with Gasteiger partial charge in [0.05, 0.1) is 47.4 Å². The first-order valence-corrected chi connectivity index (χ1v) is 10.8. The number of anilines is 1. The van der Waals surface area contributed by atoms with E-state index in [4.69, 9.17) is 5.73 Å². The highest BCUT2D eigenvalue weighted by Gasteiger charge is 2.31. The van der Waals surface area contributed by atoms with Crippen LogP contribution in [-0.4, -0.2) is 40.1 Å². The standard InChI is InChI=1S/C24H19F3N8O/c1-14(22-30-7-2-8-31-22)34(12-17-5-4-16(10-32-17)24(25,26)27)23(36)15-3-6-18-19(9-15)35-13-29-11-20(35)21(28)33-18/h2-11,13-14H,12H2,1H3,(H2,28,33). The molecular formula is C24H19F3N8O. The van der Waals surface area contributed by atoms with Gasteiger partial charge in [0, 0.05) is 24.2 Å². The monoisotopic (exact) mass is 492 g/mol. The van der Waals surface area contributed by atoms with E-state index in [-0.39, 0.29) is 18.1 Å². The molecule has 0 aliphatic heterocycles. The Morgan fingerprint density at radius 1 is 1.08 bits per heavy atom. The molecule has 0 saturated heterocycles. The molecule has 9 nitrogen and oxygen atoms in total. The van der Waals surface area contributed by atoms with E-state index in [9.17, 15) is 18.0 Å². The molecule has 36 heavy (non-hydrogen) atoms. The highest BCUT2D eigenvalue weighted by molar-refractivity contribution is 5.98. The number of pyridine rings is 1. The van der Waals surface area contributed by atoms with Crippen molar-refractivity contribution in [1.29, 1.82) is 0 Å². The Labute approximate surface area is 202 Å². The van der Waals surface area contributed by atoms with Gasteiger partial charge in [-0.05, 0) is 43.3 Å². The fraction of sp³-hybridized carbons (Fsp3) is 0.167. The molecule has 0 spiro atoms. The zero-order chi connectivity index (χ0) is 25.4. The van der Waals surface area contributed by atoms with Crippen LogP contribution in [0.4, 0.5) is 19.0 Å². The molecule has 0 fully saturated rings. The second-order valence-electron chi connectivity index (χ2n) is 8.10. The van der Waals surface area contributed by atoms with E-state index in [1.165, 1.54) is 11.0 Å². The molecule has 5 aromatic rings. The summed E-state index contributed by atoms with van der Waals surface area (Å²) < 4.78 is 40.7. The molecule has 0 aliphatic rings. The van der Waals surface area contributed by atoms with Crippen molar-refractivity contribution in [1.82, 2.24) is 34.2 Å². The number of nitrogens with zero attached hydrogens (tertiary/aromatic N) is 7. The lowest BCUT2D eigenvalue weighted by molar-refractivity contribution is -0.137. The maximum Gasteiger partial charge on any atom is 0.417 e. The van der Waals surface area contributed by atoms with E-state index in [2.05, 4.69) is 24.9 Å². The molecule has 0 radical (unpaired) electrons. The van der Waals surface area contributed by atoms with Gasteiger partial charge in [-0.1, -0.05) is 0 Å². The number of imidazole rings is 1. The summed E-state index contributed by atoms with van der Waals surface area (Å²) >= 11 is 0. The summed E-state index contributed by atoms with van der Waals surface area (Å²) in [5.41, 5.74) is 7.55. The first-order chi connectivity index (χ1) is 17.2. The number of alkyl halides is 3. The first kappa shape index (κ1) is 23.1. The number of hydrogen-bond donors (Lipinski definition) is 1. The van der Waals surface area contributed by atoms with Crippen molar-refractivity contribution in [2.75, 3.05) is 5.73 Å². The first-order valence-electron chi connectivity index (χ1n) is 10.8. The number of benzene rings is 1. The quantitative estimate of drug-likeness (QED) is 0.393. The zero-order valence-electron chi connectivity index (χ0n) is 18.9. The lowest BCUT2D eigenvalue weighted by Crippen LogP contribution is -2.34. The van der Waals surface area contributed by atoms with Gasteiger partial charge in [-0.15, -0.1) is 0 Å². The Bertz CT molecular complexity index is 1550. The number of amides is 1. The van der Waals surface area contributed by atoms with Crippen LogP contribution in [0.15, 0.2) is 67.5 Å². The Hall–Kier alpha value is -4.61. The number of fused-ring (bicyclic) bond motifs is 3. The van der Waals surface area contributed by atoms with E-state index in [1.54, 1.807) is 60.5 Å². The van der Waals surface area contributed by atoms with Crippen LogP contribution in [0.5, 0.6) is 0 Å². The average molecular weight is 492 g/mol. The third-order valence-corrected chi connectivity index (χ3v) is 5.80. The number of rotatable bonds is 5. The predicted molar refractivity (Wildman–Crippen MR) is 124 cm³/mol. The van der Waals surface area contributed by atoms with Gasteiger partial charge in [-0.3, -0.25) is 14.2 Å². The molecule has 5 rings (SSSR count). The van der Waals surface area contributed by atoms with Gasteiger partial charge < -0.3 is 10.6 Å². The van der Waals surface area contributed by atoms with E-state index >= 15 is 0 Å². The molecule has 1 aromatic carbocycles. The SMILES string of the molecule is CC(c1ncccn1)N(Cc1ccc(C(F)(F)F)cn1)C(=O)c1ccc2nc(N)c3cncn3c2c1. The highest BCUT2D eigenvalue weighted by Crippen LogP contribution is 2.29. The molecule has 4 heterocycles. The maximum atomic E-state index is 13.8. The number of hydrogen-bond acceptors (Lipinski definition) is 7. The van der Waals surface area contributed by atoms with Crippen LogP contribution in [0.2, 0.25) is 0 Å². The summed E-state index contributed by atoms with van der Waals surface area (Å²) in [6.07, 6.45) is 2.51. The lowest BCUT2D eigenvalue weighted by Gasteiger charge is -2.28. The van der Waals surface area contributed by atoms with Crippen molar-refractivity contribution in [3.8, 4) is 0 Å². The van der Waals surface area contributed by atoms with Crippen molar-refractivity contribution in [3.05, 3.63) is 90.2 Å². The van der Waals surface area contributed by atoms with Crippen LogP contribution in [0.25, 0.3) is 16.6 Å². The molecule has 182 valence electrons. The molecule has 0 saturated carbocycles. The smallest absolute Gasteiger partial charge is 0.382 e. The topological polar surface area (TPSA) is 115 Å². The van der Waals surface area contributed by atoms with Crippen molar-refractivity contribution >= 4 is 28.3 Å². The summed E-state index contributed by atoms with van der Waals surface area (Å²) in [7, 11) is 0. The molecule has 1 atom stereocenters. The number of carbonyl (C=O) groups excluding carboxylic acids is 1. The van der Waals surface area contributed by atoms with Gasteiger partial charge in [0.15, 0.2) is 0 Å². The number of halogens is 3. The van der Waals surface area contributed by atoms with Crippen LogP contribution >= 0.6 is 0 Å². The average Bonchev–Trinajstić information content (AvgIpc) is 3.38. The van der Waals surface area contributed by atoms with Gasteiger partial charge >= 0.3 is 6.18 Å². The summed E-state index contributed by atoms with van der Waals surface area (Å²) in [6, 6.07) is 8.21. The minimum Gasteiger partial charge on any atom is -0.382 e. The minimum absolute atomic E-state index is 0.0606. The van der Waals surface area contributed by atoms with Crippen molar-refractivity contribution in [2.45, 2.75) is 25.7 Å². The Kier molecular flexibility index (Phi) is 5.71. The van der Waals surface area contributed by atoms with Gasteiger partial charge in [0.2, 0.25) is 0 Å². The summed E-state index contributed by atoms with van der Waals surface area (Å²) in [5, 5.41) is 0. The van der Waals surface area contributed by atoms with Crippen molar-refractivity contribution in [3.63, 3.8) is 0 Å². The molecule has 1 unspecified atom stereocenters. The van der Waals surface area contributed by atoms with Gasteiger partial charge in [0.1, 0.15) is 17.2 Å². The Morgan fingerprint density at radius 2 is 1.86 bits per heavy atom. The van der Waals surface area contributed by atoms with Gasteiger partial charge in [-0.2, -0.15) is 13.2 Å². The molecule has 12 heteroatoms. The van der Waals surface area contributed by atoms with E-state index in [1.807, 2.05) is 0 Å². The molecule has 2 N–H and O–H groups in total. The minimum atomic E-state index is -4.51. The third-order valence-electron chi connectivity index (χ3n) is 5.80. The largest absolute Gasteiger partial charge is 0.417 e. The van der Waals surface area contributed by atoms with Crippen LogP contribution in [0.1, 0.15) is 40.4 Å². The van der Waals surface area contributed by atoms with Crippen molar-refractivity contribution in [2.24, 2.45) is 0 Å². The molecule has 4 aromatic heterocycles. The number of nitrogen functional groups attached to an aromatic ring is 1. The molecule has 0 aliphatic carbocycles. The summed E-state index contributed by atoms with van der Waals surface area (Å²) in [5.74, 6) is 0.303. The molecular weight excluding hydrogens is 473 g/mol. The van der Waals surface area contributed by atoms with Crippen LogP contribution < -0.4 is 5.73 Å². The van der Waals surface area contributed by atoms with E-state index in [0.29, 0.717) is 33.8 Å². The third kappa shape index (κ3) is 4.28. The van der Waals surface area contributed by atoms with Crippen molar-refractivity contribution < 1.29 is 18.0 Å². The molecule has 1 amide bonds. The summed E-state index contributed by atoms with van der Waals surface area (Å²) in [4.78, 5) is 36.1. The molecule has 0 bridgehead atoms. The normalized spacial score (nSPS) is 12.7. The van der Waals surface area contributed by atoms with Gasteiger partial charge in [-0.25, -0.2) is 19.9 Å². The van der Waals surface area contributed by atoms with Crippen LogP contribution in [0, 0.1) is 0 Å². The number of nitrogens with two attached hydrogens (primary N) is 1. The zero-order valence-corrected chi connectivity index (χ0v) is 18.9. The van der Waals surface area contributed by atoms with E-state index in [0.717, 1.165) is 12.3 Å². The predicted octanol–water partition coefficient (Wildman–Crippen LogP) is 4.07.